The van der Waals surface area contributed by atoms with E-state index in [1.807, 2.05) is 42.5 Å². The Morgan fingerprint density at radius 2 is 0.911 bits per heavy atom. The van der Waals surface area contributed by atoms with E-state index in [9.17, 15) is 0 Å². The monoisotopic (exact) mass is 715 g/mol. The van der Waals surface area contributed by atoms with Crippen LogP contribution in [-0.4, -0.2) is 14.5 Å². The maximum Gasteiger partial charge on any atom is 0.160 e. The molecule has 0 N–H and O–H groups in total. The molecular weight excluding hydrogens is 683 g/mol. The summed E-state index contributed by atoms with van der Waals surface area (Å²) in [6, 6.07) is 70.2. The van der Waals surface area contributed by atoms with Gasteiger partial charge in [-0.05, 0) is 70.8 Å². The van der Waals surface area contributed by atoms with E-state index in [1.54, 1.807) is 0 Å². The molecule has 4 heteroatoms. The molecule has 0 fully saturated rings. The molecule has 0 atom stereocenters. The number of fused-ring (bicyclic) bond motifs is 6. The van der Waals surface area contributed by atoms with E-state index in [0.717, 1.165) is 66.7 Å². The van der Waals surface area contributed by atoms with Gasteiger partial charge in [0.05, 0.1) is 22.4 Å². The minimum atomic E-state index is 0.686. The Balaban J connectivity index is 1.10. The molecule has 0 amide bonds. The second-order valence-electron chi connectivity index (χ2n) is 14.2. The Kier molecular flexibility index (Phi) is 7.46. The summed E-state index contributed by atoms with van der Waals surface area (Å²) in [6.45, 7) is 0. The Bertz CT molecular complexity index is 3070. The molecule has 0 saturated carbocycles. The summed E-state index contributed by atoms with van der Waals surface area (Å²) >= 11 is 0. The topological polar surface area (TPSA) is 43.9 Å². The zero-order chi connectivity index (χ0) is 37.0. The Morgan fingerprint density at radius 3 is 1.52 bits per heavy atom. The predicted octanol–water partition coefficient (Wildman–Crippen LogP) is 13.8. The lowest BCUT2D eigenvalue weighted by molar-refractivity contribution is 0.668. The van der Waals surface area contributed by atoms with Crippen molar-refractivity contribution in [1.82, 2.24) is 14.5 Å². The lowest BCUT2D eigenvalue weighted by atomic mass is 10.0. The highest BCUT2D eigenvalue weighted by Gasteiger charge is 2.19. The predicted molar refractivity (Wildman–Crippen MR) is 231 cm³/mol. The molecule has 56 heavy (non-hydrogen) atoms. The van der Waals surface area contributed by atoms with E-state index in [0.29, 0.717) is 5.82 Å². The first-order valence-electron chi connectivity index (χ1n) is 18.9. The summed E-state index contributed by atoms with van der Waals surface area (Å²) < 4.78 is 9.07. The van der Waals surface area contributed by atoms with E-state index >= 15 is 0 Å². The van der Waals surface area contributed by atoms with Crippen LogP contribution >= 0.6 is 0 Å². The highest BCUT2D eigenvalue weighted by molar-refractivity contribution is 6.14. The van der Waals surface area contributed by atoms with Crippen LogP contribution in [0.1, 0.15) is 0 Å². The van der Waals surface area contributed by atoms with Crippen LogP contribution in [0.15, 0.2) is 205 Å². The molecule has 262 valence electrons. The molecule has 8 aromatic carbocycles. The van der Waals surface area contributed by atoms with Gasteiger partial charge >= 0.3 is 0 Å². The molecule has 0 aliphatic carbocycles. The summed E-state index contributed by atoms with van der Waals surface area (Å²) in [5.41, 5.74) is 14.5. The third kappa shape index (κ3) is 5.39. The van der Waals surface area contributed by atoms with Crippen molar-refractivity contribution in [2.45, 2.75) is 0 Å². The number of hydrogen-bond acceptors (Lipinski definition) is 3. The number of nitrogens with zero attached hydrogens (tertiary/aromatic N) is 3. The molecule has 0 aliphatic heterocycles. The zero-order valence-corrected chi connectivity index (χ0v) is 30.3. The molecule has 3 heterocycles. The minimum absolute atomic E-state index is 0.686. The lowest BCUT2D eigenvalue weighted by Crippen LogP contribution is -1.96. The van der Waals surface area contributed by atoms with Crippen molar-refractivity contribution in [3.8, 4) is 61.8 Å². The standard InChI is InChI=1S/C52H33N3O/c1-5-14-34(15-6-1)38-24-28-47-43(30-38)44-31-39(35-16-7-2-8-17-35)25-29-48(44)55(47)40-26-27-42-50(32-40)56-49-23-13-22-41(51(42)49)46-33-45(36-18-9-3-10-19-36)53-52(54-46)37-20-11-4-12-21-37/h1-33H. The summed E-state index contributed by atoms with van der Waals surface area (Å²) in [5.74, 6) is 0.686. The van der Waals surface area contributed by atoms with Gasteiger partial charge in [-0.2, -0.15) is 0 Å². The second-order valence-corrected chi connectivity index (χ2v) is 14.2. The van der Waals surface area contributed by atoms with Crippen molar-refractivity contribution in [1.29, 1.82) is 0 Å². The number of furan rings is 1. The molecule has 11 aromatic rings. The SMILES string of the molecule is c1ccc(-c2ccc3c(c2)c2cc(-c4ccccc4)ccc2n3-c2ccc3c(c2)oc2cccc(-c4cc(-c5ccccc5)nc(-c5ccccc5)n4)c23)cc1. The Labute approximate surface area is 323 Å². The largest absolute Gasteiger partial charge is 0.456 e. The van der Waals surface area contributed by atoms with Gasteiger partial charge in [-0.1, -0.05) is 146 Å². The number of hydrogen-bond donors (Lipinski definition) is 0. The van der Waals surface area contributed by atoms with Crippen LogP contribution in [-0.2, 0) is 0 Å². The Hall–Kier alpha value is -7.56. The summed E-state index contributed by atoms with van der Waals surface area (Å²) in [7, 11) is 0. The highest BCUT2D eigenvalue weighted by atomic mass is 16.3. The van der Waals surface area contributed by atoms with Crippen LogP contribution in [0.25, 0.3) is 106 Å². The van der Waals surface area contributed by atoms with Gasteiger partial charge in [-0.15, -0.1) is 0 Å². The molecule has 0 aliphatic rings. The average Bonchev–Trinajstić information content (AvgIpc) is 3.82. The van der Waals surface area contributed by atoms with E-state index in [-0.39, 0.29) is 0 Å². The summed E-state index contributed by atoms with van der Waals surface area (Å²) in [6.07, 6.45) is 0. The normalized spacial score (nSPS) is 11.6. The van der Waals surface area contributed by atoms with E-state index in [1.165, 1.54) is 33.0 Å². The average molecular weight is 716 g/mol. The minimum Gasteiger partial charge on any atom is -0.456 e. The van der Waals surface area contributed by atoms with Gasteiger partial charge in [0.2, 0.25) is 0 Å². The fourth-order valence-corrected chi connectivity index (χ4v) is 8.15. The van der Waals surface area contributed by atoms with Crippen molar-refractivity contribution in [2.24, 2.45) is 0 Å². The van der Waals surface area contributed by atoms with Crippen molar-refractivity contribution in [3.63, 3.8) is 0 Å². The van der Waals surface area contributed by atoms with Crippen molar-refractivity contribution in [2.75, 3.05) is 0 Å². The molecule has 3 aromatic heterocycles. The third-order valence-corrected chi connectivity index (χ3v) is 10.8. The van der Waals surface area contributed by atoms with Crippen LogP contribution in [0.3, 0.4) is 0 Å². The first-order valence-corrected chi connectivity index (χ1v) is 18.9. The number of rotatable bonds is 6. The van der Waals surface area contributed by atoms with Crippen LogP contribution in [0, 0.1) is 0 Å². The smallest absolute Gasteiger partial charge is 0.160 e. The summed E-state index contributed by atoms with van der Waals surface area (Å²) in [4.78, 5) is 10.2. The molecule has 0 spiro atoms. The van der Waals surface area contributed by atoms with Gasteiger partial charge in [0.15, 0.2) is 5.82 Å². The fourth-order valence-electron chi connectivity index (χ4n) is 8.15. The number of aromatic nitrogens is 3. The summed E-state index contributed by atoms with van der Waals surface area (Å²) in [5, 5.41) is 4.49. The van der Waals surface area contributed by atoms with Gasteiger partial charge in [-0.25, -0.2) is 9.97 Å². The first kappa shape index (κ1) is 31.9. The van der Waals surface area contributed by atoms with Crippen LogP contribution in [0.5, 0.6) is 0 Å². The highest BCUT2D eigenvalue weighted by Crippen LogP contribution is 2.41. The fraction of sp³-hybridized carbons (Fsp3) is 0. The molecule has 4 nitrogen and oxygen atoms in total. The van der Waals surface area contributed by atoms with Crippen LogP contribution < -0.4 is 0 Å². The van der Waals surface area contributed by atoms with Crippen molar-refractivity contribution >= 4 is 43.7 Å². The van der Waals surface area contributed by atoms with Gasteiger partial charge in [0, 0.05) is 50.0 Å². The number of benzene rings is 8. The van der Waals surface area contributed by atoms with Crippen LogP contribution in [0.2, 0.25) is 0 Å². The third-order valence-electron chi connectivity index (χ3n) is 10.8. The van der Waals surface area contributed by atoms with Gasteiger partial charge in [-0.3, -0.25) is 0 Å². The quantitative estimate of drug-likeness (QED) is 0.172. The molecule has 0 radical (unpaired) electrons. The zero-order valence-electron chi connectivity index (χ0n) is 30.3. The maximum atomic E-state index is 6.70. The van der Waals surface area contributed by atoms with E-state index in [4.69, 9.17) is 14.4 Å². The van der Waals surface area contributed by atoms with Crippen molar-refractivity contribution < 1.29 is 4.42 Å². The Morgan fingerprint density at radius 1 is 0.357 bits per heavy atom. The van der Waals surface area contributed by atoms with Gasteiger partial charge in [0.1, 0.15) is 11.2 Å². The molecular formula is C52H33N3O. The molecule has 11 rings (SSSR count). The van der Waals surface area contributed by atoms with Gasteiger partial charge < -0.3 is 8.98 Å². The lowest BCUT2D eigenvalue weighted by Gasteiger charge is -2.10. The van der Waals surface area contributed by atoms with Crippen molar-refractivity contribution in [3.05, 3.63) is 200 Å². The second kappa shape index (κ2) is 13.1. The first-order chi connectivity index (χ1) is 27.7. The molecule has 0 unspecified atom stereocenters. The van der Waals surface area contributed by atoms with E-state index < -0.39 is 0 Å². The maximum absolute atomic E-state index is 6.70. The van der Waals surface area contributed by atoms with E-state index in [2.05, 4.69) is 162 Å². The van der Waals surface area contributed by atoms with Crippen LogP contribution in [0.4, 0.5) is 0 Å². The molecule has 0 saturated heterocycles. The molecule has 0 bridgehead atoms. The van der Waals surface area contributed by atoms with Gasteiger partial charge in [0.25, 0.3) is 0 Å².